The molecular weight excluding hydrogens is 354 g/mol. The van der Waals surface area contributed by atoms with Crippen molar-refractivity contribution in [2.75, 3.05) is 0 Å². The number of imide groups is 1. The van der Waals surface area contributed by atoms with Crippen LogP contribution in [0.5, 0.6) is 5.75 Å². The second kappa shape index (κ2) is 6.90. The maximum atomic E-state index is 11.8. The van der Waals surface area contributed by atoms with Crippen LogP contribution in [0.15, 0.2) is 53.9 Å². The molecule has 1 saturated heterocycles. The molecule has 0 radical (unpaired) electrons. The van der Waals surface area contributed by atoms with Crippen LogP contribution < -0.4 is 10.1 Å². The average molecular weight is 369 g/mol. The van der Waals surface area contributed by atoms with E-state index < -0.39 is 0 Å². The lowest BCUT2D eigenvalue weighted by molar-refractivity contribution is -0.118. The Labute approximate surface area is 153 Å². The van der Waals surface area contributed by atoms with Crippen molar-refractivity contribution in [2.24, 2.45) is 0 Å². The van der Waals surface area contributed by atoms with Gasteiger partial charge >= 0.3 is 0 Å². The highest BCUT2D eigenvalue weighted by Gasteiger charge is 2.32. The lowest BCUT2D eigenvalue weighted by Gasteiger charge is -2.11. The zero-order valence-electron chi connectivity index (χ0n) is 13.2. The lowest BCUT2D eigenvalue weighted by atomic mass is 10.1. The Balaban J connectivity index is 1.56. The molecule has 0 spiro atoms. The zero-order valence-corrected chi connectivity index (χ0v) is 14.9. The number of carbonyl (C=O) groups excluding carboxylic acids is 2. The first-order valence-electron chi connectivity index (χ1n) is 7.88. The molecule has 0 saturated carbocycles. The highest BCUT2D eigenvalue weighted by molar-refractivity contribution is 8.15. The molecule has 25 heavy (non-hydrogen) atoms. The number of thiophene rings is 1. The van der Waals surface area contributed by atoms with Gasteiger partial charge in [-0.25, -0.2) is 0 Å². The normalized spacial score (nSPS) is 17.0. The van der Waals surface area contributed by atoms with Crippen LogP contribution >= 0.6 is 23.1 Å². The van der Waals surface area contributed by atoms with Crippen LogP contribution in [0.3, 0.4) is 0 Å². The highest BCUT2D eigenvalue weighted by atomic mass is 32.2. The fourth-order valence-corrected chi connectivity index (χ4v) is 4.63. The van der Waals surface area contributed by atoms with Crippen molar-refractivity contribution in [3.05, 3.63) is 65.0 Å². The molecule has 6 heteroatoms. The van der Waals surface area contributed by atoms with E-state index in [4.69, 9.17) is 4.74 Å². The molecule has 1 aliphatic heterocycles. The van der Waals surface area contributed by atoms with Gasteiger partial charge in [-0.15, -0.1) is 11.3 Å². The van der Waals surface area contributed by atoms with Crippen LogP contribution in [0.2, 0.25) is 0 Å². The van der Waals surface area contributed by atoms with E-state index in [2.05, 4.69) is 5.32 Å². The van der Waals surface area contributed by atoms with Crippen LogP contribution in [0.4, 0.5) is 4.79 Å². The van der Waals surface area contributed by atoms with Crippen molar-refractivity contribution in [1.82, 2.24) is 5.32 Å². The van der Waals surface area contributed by atoms with Crippen molar-refractivity contribution >= 4 is 44.3 Å². The predicted octanol–water partition coefficient (Wildman–Crippen LogP) is 4.37. The molecule has 0 aliphatic carbocycles. The number of amides is 2. The molecule has 1 aromatic heterocycles. The number of rotatable bonds is 5. The Morgan fingerprint density at radius 1 is 1.04 bits per heavy atom. The average Bonchev–Trinajstić information content (AvgIpc) is 3.22. The summed E-state index contributed by atoms with van der Waals surface area (Å²) in [5.74, 6) is 0.632. The van der Waals surface area contributed by atoms with Gasteiger partial charge in [-0.2, -0.15) is 0 Å². The summed E-state index contributed by atoms with van der Waals surface area (Å²) in [5.41, 5.74) is 2.19. The minimum Gasteiger partial charge on any atom is -0.488 e. The molecule has 1 unspecified atom stereocenters. The summed E-state index contributed by atoms with van der Waals surface area (Å²) >= 11 is 2.69. The van der Waals surface area contributed by atoms with E-state index in [-0.39, 0.29) is 16.4 Å². The first-order chi connectivity index (χ1) is 12.2. The Morgan fingerprint density at radius 3 is 2.64 bits per heavy atom. The van der Waals surface area contributed by atoms with Crippen LogP contribution in [0.1, 0.15) is 11.1 Å². The van der Waals surface area contributed by atoms with Crippen LogP contribution in [0, 0.1) is 0 Å². The lowest BCUT2D eigenvalue weighted by Crippen LogP contribution is -2.25. The Kier molecular flexibility index (Phi) is 4.46. The first-order valence-corrected chi connectivity index (χ1v) is 9.64. The summed E-state index contributed by atoms with van der Waals surface area (Å²) in [6, 6.07) is 16.0. The molecule has 1 atom stereocenters. The third-order valence-corrected chi connectivity index (χ3v) is 6.04. The zero-order chi connectivity index (χ0) is 17.2. The molecule has 2 heterocycles. The Hall–Kier alpha value is -2.31. The van der Waals surface area contributed by atoms with Crippen LogP contribution in [-0.2, 0) is 17.8 Å². The second-order valence-electron chi connectivity index (χ2n) is 5.75. The van der Waals surface area contributed by atoms with Gasteiger partial charge in [0.25, 0.3) is 5.24 Å². The monoisotopic (exact) mass is 369 g/mol. The van der Waals surface area contributed by atoms with Gasteiger partial charge in [-0.1, -0.05) is 48.2 Å². The van der Waals surface area contributed by atoms with Gasteiger partial charge in [0, 0.05) is 10.1 Å². The van der Waals surface area contributed by atoms with Gasteiger partial charge in [-0.05, 0) is 35.1 Å². The third kappa shape index (κ3) is 3.41. The topological polar surface area (TPSA) is 55.4 Å². The standard InChI is InChI=1S/C19H15NO3S2/c21-18-16(25-19(22)20-18)10-13-6-7-15(14-8-9-24-17(13)14)23-11-12-4-2-1-3-5-12/h1-9,16H,10-11H2,(H,20,21,22). The SMILES string of the molecule is O=C1NC(=O)C(Cc2ccc(OCc3ccccc3)c3ccsc23)S1. The van der Waals surface area contributed by atoms with Crippen molar-refractivity contribution < 1.29 is 14.3 Å². The van der Waals surface area contributed by atoms with Gasteiger partial charge in [0.05, 0.1) is 5.25 Å². The minimum atomic E-state index is -0.353. The van der Waals surface area contributed by atoms with Gasteiger partial charge < -0.3 is 4.74 Å². The fourth-order valence-electron chi connectivity index (χ4n) is 2.84. The van der Waals surface area contributed by atoms with Crippen LogP contribution in [-0.4, -0.2) is 16.4 Å². The van der Waals surface area contributed by atoms with Gasteiger partial charge in [0.1, 0.15) is 12.4 Å². The van der Waals surface area contributed by atoms with Crippen molar-refractivity contribution in [2.45, 2.75) is 18.3 Å². The second-order valence-corrected chi connectivity index (χ2v) is 7.84. The molecule has 2 amide bonds. The molecular formula is C19H15NO3S2. The number of nitrogens with one attached hydrogen (secondary N) is 1. The molecule has 4 nitrogen and oxygen atoms in total. The predicted molar refractivity (Wildman–Crippen MR) is 101 cm³/mol. The number of hydrogen-bond acceptors (Lipinski definition) is 5. The fraction of sp³-hybridized carbons (Fsp3) is 0.158. The number of carbonyl (C=O) groups is 2. The number of ether oxygens (including phenoxy) is 1. The summed E-state index contributed by atoms with van der Waals surface area (Å²) in [6.45, 7) is 0.514. The Bertz CT molecular complexity index is 936. The first kappa shape index (κ1) is 16.2. The van der Waals surface area contributed by atoms with Gasteiger partial charge in [-0.3, -0.25) is 14.9 Å². The molecule has 2 aromatic carbocycles. The maximum Gasteiger partial charge on any atom is 0.286 e. The van der Waals surface area contributed by atoms with E-state index in [9.17, 15) is 9.59 Å². The van der Waals surface area contributed by atoms with Crippen molar-refractivity contribution in [3.63, 3.8) is 0 Å². The summed E-state index contributed by atoms with van der Waals surface area (Å²) in [7, 11) is 0. The molecule has 0 bridgehead atoms. The van der Waals surface area contributed by atoms with Crippen LogP contribution in [0.25, 0.3) is 10.1 Å². The molecule has 4 rings (SSSR count). The third-order valence-electron chi connectivity index (χ3n) is 4.07. The number of fused-ring (bicyclic) bond motifs is 1. The smallest absolute Gasteiger partial charge is 0.286 e. The summed E-state index contributed by atoms with van der Waals surface area (Å²) < 4.78 is 7.10. The van der Waals surface area contributed by atoms with E-state index in [0.717, 1.165) is 38.7 Å². The van der Waals surface area contributed by atoms with E-state index in [1.807, 2.05) is 53.9 Å². The highest BCUT2D eigenvalue weighted by Crippen LogP contribution is 2.35. The number of thioether (sulfide) groups is 1. The van der Waals surface area contributed by atoms with Crippen molar-refractivity contribution in [3.8, 4) is 5.75 Å². The van der Waals surface area contributed by atoms with E-state index in [1.54, 1.807) is 11.3 Å². The molecule has 1 aliphatic rings. The van der Waals surface area contributed by atoms with Crippen molar-refractivity contribution in [1.29, 1.82) is 0 Å². The quantitative estimate of drug-likeness (QED) is 0.725. The van der Waals surface area contributed by atoms with Gasteiger partial charge in [0.15, 0.2) is 0 Å². The Morgan fingerprint density at radius 2 is 1.88 bits per heavy atom. The maximum absolute atomic E-state index is 11.8. The molecule has 1 fully saturated rings. The van der Waals surface area contributed by atoms with E-state index >= 15 is 0 Å². The number of benzene rings is 2. The minimum absolute atomic E-state index is 0.205. The largest absolute Gasteiger partial charge is 0.488 e. The number of hydrogen-bond donors (Lipinski definition) is 1. The summed E-state index contributed by atoms with van der Waals surface area (Å²) in [6.07, 6.45) is 0.540. The molecule has 3 aromatic rings. The molecule has 126 valence electrons. The van der Waals surface area contributed by atoms with Gasteiger partial charge in [0.2, 0.25) is 5.91 Å². The van der Waals surface area contributed by atoms with E-state index in [0.29, 0.717) is 13.0 Å². The summed E-state index contributed by atoms with van der Waals surface area (Å²) in [5, 5.41) is 4.80. The summed E-state index contributed by atoms with van der Waals surface area (Å²) in [4.78, 5) is 23.2. The van der Waals surface area contributed by atoms with E-state index in [1.165, 1.54) is 0 Å². The molecule has 1 N–H and O–H groups in total.